The predicted molar refractivity (Wildman–Crippen MR) is 124 cm³/mol. The fraction of sp³-hybridized carbons (Fsp3) is 0.280. The van der Waals surface area contributed by atoms with E-state index in [1.54, 1.807) is 6.07 Å². The predicted octanol–water partition coefficient (Wildman–Crippen LogP) is -0.305. The second-order valence-corrected chi connectivity index (χ2v) is 7.91. The van der Waals surface area contributed by atoms with Crippen LogP contribution in [-0.2, 0) is 27.2 Å². The largest absolute Gasteiger partial charge is 1.00 e. The molecule has 174 valence electrons. The van der Waals surface area contributed by atoms with Crippen molar-refractivity contribution in [2.75, 3.05) is 7.05 Å². The molecule has 0 spiro atoms. The Labute approximate surface area is 222 Å². The third-order valence-corrected chi connectivity index (χ3v) is 5.55. The molecule has 3 N–H and O–H groups in total. The topological polar surface area (TPSA) is 116 Å². The van der Waals surface area contributed by atoms with Gasteiger partial charge in [0.25, 0.3) is 5.91 Å². The van der Waals surface area contributed by atoms with Crippen LogP contribution in [0.2, 0.25) is 0 Å². The number of amides is 3. The molecule has 2 atom stereocenters. The van der Waals surface area contributed by atoms with E-state index in [2.05, 4.69) is 29.7 Å². The number of nitrogens with zero attached hydrogens (tertiary/aromatic N) is 1. The first-order chi connectivity index (χ1) is 15.8. The molecule has 1 aliphatic rings. The van der Waals surface area contributed by atoms with E-state index in [9.17, 15) is 24.3 Å². The fourth-order valence-electron chi connectivity index (χ4n) is 3.79. The number of carbonyl (C=O) groups excluding carboxylic acids is 3. The Bertz CT molecular complexity index is 1110. The molecule has 8 nitrogen and oxygen atoms in total. The van der Waals surface area contributed by atoms with Gasteiger partial charge in [0.1, 0.15) is 0 Å². The zero-order valence-electron chi connectivity index (χ0n) is 20.6. The van der Waals surface area contributed by atoms with Crippen LogP contribution < -0.4 is 40.2 Å². The number of nitrogens with one attached hydrogen (secondary N) is 2. The maximum atomic E-state index is 12.6. The summed E-state index contributed by atoms with van der Waals surface area (Å²) in [6.45, 7) is 2.09. The summed E-state index contributed by atoms with van der Waals surface area (Å²) < 4.78 is 0. The van der Waals surface area contributed by atoms with Crippen molar-refractivity contribution in [2.24, 2.45) is 0 Å². The van der Waals surface area contributed by atoms with Gasteiger partial charge in [0.05, 0.1) is 12.5 Å². The number of hydrogen-bond donors (Lipinski definition) is 3. The van der Waals surface area contributed by atoms with Gasteiger partial charge in [-0.2, -0.15) is 0 Å². The van der Waals surface area contributed by atoms with E-state index in [-0.39, 0.29) is 37.4 Å². The van der Waals surface area contributed by atoms with Crippen LogP contribution >= 0.6 is 0 Å². The molecule has 2 aromatic carbocycles. The van der Waals surface area contributed by atoms with E-state index in [0.717, 1.165) is 12.0 Å². The van der Waals surface area contributed by atoms with Gasteiger partial charge in [0.2, 0.25) is 0 Å². The van der Waals surface area contributed by atoms with E-state index in [1.165, 1.54) is 35.4 Å². The first-order valence-electron chi connectivity index (χ1n) is 10.7. The van der Waals surface area contributed by atoms with Crippen molar-refractivity contribution in [1.82, 2.24) is 15.5 Å². The van der Waals surface area contributed by atoms with Gasteiger partial charge in [0, 0.05) is 19.3 Å². The number of urea groups is 1. The quantitative estimate of drug-likeness (QED) is 0.360. The number of rotatable bonds is 8. The second-order valence-electron chi connectivity index (χ2n) is 7.91. The van der Waals surface area contributed by atoms with Gasteiger partial charge in [-0.05, 0) is 35.1 Å². The molecule has 0 radical (unpaired) electrons. The summed E-state index contributed by atoms with van der Waals surface area (Å²) in [6, 6.07) is 12.5. The van der Waals surface area contributed by atoms with Crippen molar-refractivity contribution in [3.05, 3.63) is 83.1 Å². The molecule has 1 heterocycles. The molecule has 1 aliphatic heterocycles. The number of likely N-dealkylation sites (N-methyl/N-ethyl adjacent to an activating group) is 1. The van der Waals surface area contributed by atoms with Crippen LogP contribution in [0, 0.1) is 0 Å². The minimum absolute atomic E-state index is 0. The maximum absolute atomic E-state index is 12.6. The Morgan fingerprint density at radius 1 is 1.12 bits per heavy atom. The summed E-state index contributed by atoms with van der Waals surface area (Å²) in [5.74, 6) is -2.20. The van der Waals surface area contributed by atoms with Crippen molar-refractivity contribution in [3.8, 4) is 0 Å². The molecule has 2 aromatic rings. The first kappa shape index (κ1) is 27.3. The van der Waals surface area contributed by atoms with Gasteiger partial charge in [-0.15, -0.1) is 0 Å². The molecule has 0 fully saturated rings. The molecule has 2 unspecified atom stereocenters. The number of ketones is 1. The number of aliphatic carboxylic acids is 1. The summed E-state index contributed by atoms with van der Waals surface area (Å²) in [5.41, 5.74) is 4.03. The third-order valence-electron chi connectivity index (χ3n) is 5.55. The zero-order chi connectivity index (χ0) is 24.0. The average Bonchev–Trinajstić information content (AvgIpc) is 2.79. The van der Waals surface area contributed by atoms with E-state index in [0.29, 0.717) is 12.0 Å². The van der Waals surface area contributed by atoms with E-state index in [1.807, 2.05) is 30.3 Å². The molecule has 0 saturated heterocycles. The van der Waals surface area contributed by atoms with Gasteiger partial charge in [-0.25, -0.2) is 4.79 Å². The van der Waals surface area contributed by atoms with Crippen molar-refractivity contribution >= 4 is 23.7 Å². The van der Waals surface area contributed by atoms with E-state index >= 15 is 0 Å². The Morgan fingerprint density at radius 3 is 2.50 bits per heavy atom. The van der Waals surface area contributed by atoms with Crippen molar-refractivity contribution in [1.29, 1.82) is 0 Å². The van der Waals surface area contributed by atoms with Crippen LogP contribution in [0.3, 0.4) is 0 Å². The van der Waals surface area contributed by atoms with Gasteiger partial charge < -0.3 is 22.1 Å². The molecular formula is C25H28N3NaO5. The van der Waals surface area contributed by atoms with Crippen LogP contribution in [-0.4, -0.2) is 46.8 Å². The number of hydrogen-bond acceptors (Lipinski definition) is 4. The molecule has 0 aliphatic carbocycles. The summed E-state index contributed by atoms with van der Waals surface area (Å²) in [7, 11) is 1.48. The molecule has 0 bridgehead atoms. The molecule has 0 saturated carbocycles. The molecule has 3 amide bonds. The average molecular weight is 474 g/mol. The summed E-state index contributed by atoms with van der Waals surface area (Å²) in [4.78, 5) is 49.5. The Balaban J connectivity index is 0.00000306. The smallest absolute Gasteiger partial charge is 1.00 e. The fourth-order valence-corrected chi connectivity index (χ4v) is 3.79. The van der Waals surface area contributed by atoms with E-state index in [4.69, 9.17) is 0 Å². The Morgan fingerprint density at radius 2 is 1.82 bits per heavy atom. The summed E-state index contributed by atoms with van der Waals surface area (Å²) in [6.07, 6.45) is 3.76. The zero-order valence-corrected chi connectivity index (χ0v) is 21.6. The number of benzene rings is 2. The van der Waals surface area contributed by atoms with Gasteiger partial charge in [-0.1, -0.05) is 55.5 Å². The van der Waals surface area contributed by atoms with Crippen molar-refractivity contribution in [3.63, 3.8) is 0 Å². The third kappa shape index (κ3) is 7.03. The molecule has 9 heteroatoms. The number of aryl methyl sites for hydroxylation is 1. The van der Waals surface area contributed by atoms with Crippen LogP contribution in [0.1, 0.15) is 43.1 Å². The number of carbonyl (C=O) groups is 4. The number of carboxylic acid groups (broad SMARTS) is 1. The van der Waals surface area contributed by atoms with Gasteiger partial charge >= 0.3 is 41.6 Å². The monoisotopic (exact) mass is 473 g/mol. The van der Waals surface area contributed by atoms with Gasteiger partial charge in [0.15, 0.2) is 11.8 Å². The molecule has 34 heavy (non-hydrogen) atoms. The summed E-state index contributed by atoms with van der Waals surface area (Å²) in [5, 5.41) is 14.3. The maximum Gasteiger partial charge on any atom is 1.00 e. The van der Waals surface area contributed by atoms with Crippen LogP contribution in [0.15, 0.2) is 60.8 Å². The Kier molecular flexibility index (Phi) is 10.0. The minimum atomic E-state index is -1.35. The second kappa shape index (κ2) is 12.5. The molecule has 3 rings (SSSR count). The van der Waals surface area contributed by atoms with Crippen LogP contribution in [0.4, 0.5) is 4.79 Å². The summed E-state index contributed by atoms with van der Waals surface area (Å²) >= 11 is 0. The van der Waals surface area contributed by atoms with Crippen LogP contribution in [0.5, 0.6) is 0 Å². The van der Waals surface area contributed by atoms with E-state index < -0.39 is 35.8 Å². The van der Waals surface area contributed by atoms with Gasteiger partial charge in [-0.3, -0.25) is 14.4 Å². The minimum Gasteiger partial charge on any atom is -1.00 e. The molecular weight excluding hydrogens is 445 g/mol. The standard InChI is InChI=1S/C25H27N3O5.Na.H/c1-3-17-8-4-5-9-18(17)13-16-7-6-10-19(14-16)20(15-22(30)31)26-25(33)27-23-21(29)11-12-28(2)24(23)32;;/h4-12,14,20,23H,3,13,15H2,1-2H3,(H,30,31)(H2,26,27,33);;/q;+1;-1. The SMILES string of the molecule is CCc1ccccc1Cc1cccc(C(CC(=O)O)NC(=O)NC2C(=O)C=CN(C)C2=O)c1.[H-].[Na+]. The van der Waals surface area contributed by atoms with Crippen molar-refractivity contribution in [2.45, 2.75) is 38.3 Å². The first-order valence-corrected chi connectivity index (χ1v) is 10.7. The van der Waals surface area contributed by atoms with Crippen molar-refractivity contribution < 1.29 is 55.3 Å². The number of carboxylic acids is 1. The van der Waals surface area contributed by atoms with Crippen LogP contribution in [0.25, 0.3) is 0 Å². The normalized spacial score (nSPS) is 15.9. The Hall–Kier alpha value is -2.94. The molecule has 0 aromatic heterocycles.